The fourth-order valence-electron chi connectivity index (χ4n) is 4.43. The molecule has 2 heterocycles. The second kappa shape index (κ2) is 15.9. The summed E-state index contributed by atoms with van der Waals surface area (Å²) in [5.41, 5.74) is 0.490. The minimum atomic E-state index is -4.72. The van der Waals surface area contributed by atoms with Crippen molar-refractivity contribution in [3.63, 3.8) is 0 Å². The lowest BCUT2D eigenvalue weighted by molar-refractivity contribution is -0.728. The van der Waals surface area contributed by atoms with Crippen molar-refractivity contribution < 1.29 is 60.0 Å². The van der Waals surface area contributed by atoms with Crippen LogP contribution in [0.4, 0.5) is 18.0 Å². The van der Waals surface area contributed by atoms with Gasteiger partial charge in [0.05, 0.1) is 54.0 Å². The number of carbonyl (C=O) groups is 3. The van der Waals surface area contributed by atoms with E-state index in [9.17, 15) is 41.2 Å². The lowest BCUT2D eigenvalue weighted by Gasteiger charge is -2.33. The maximum atomic E-state index is 13.5. The number of hydrazine groups is 1. The summed E-state index contributed by atoms with van der Waals surface area (Å²) in [7, 11) is -4.40. The van der Waals surface area contributed by atoms with Gasteiger partial charge >= 0.3 is 18.3 Å². The Morgan fingerprint density at radius 2 is 1.74 bits per heavy atom. The molecule has 0 bridgehead atoms. The molecular formula is C30H33F3N6O10S. The normalized spacial score (nSPS) is 14.4. The van der Waals surface area contributed by atoms with Crippen molar-refractivity contribution >= 4 is 28.1 Å². The van der Waals surface area contributed by atoms with E-state index in [1.165, 1.54) is 24.1 Å². The van der Waals surface area contributed by atoms with E-state index in [0.29, 0.717) is 5.56 Å². The van der Waals surface area contributed by atoms with Gasteiger partial charge in [0.25, 0.3) is 16.3 Å². The van der Waals surface area contributed by atoms with Gasteiger partial charge < -0.3 is 19.4 Å². The van der Waals surface area contributed by atoms with Gasteiger partial charge in [-0.25, -0.2) is 22.6 Å². The third-order valence-corrected chi connectivity index (χ3v) is 8.38. The van der Waals surface area contributed by atoms with E-state index in [2.05, 4.69) is 19.8 Å². The summed E-state index contributed by atoms with van der Waals surface area (Å²) in [5, 5.41) is 20.1. The maximum absolute atomic E-state index is 13.5. The molecule has 1 aromatic heterocycles. The van der Waals surface area contributed by atoms with E-state index in [4.69, 9.17) is 9.57 Å². The van der Waals surface area contributed by atoms with Crippen molar-refractivity contribution in [1.82, 2.24) is 19.5 Å². The predicted molar refractivity (Wildman–Crippen MR) is 164 cm³/mol. The largest absolute Gasteiger partial charge is 0.569 e. The molecule has 1 fully saturated rings. The molecule has 1 aliphatic rings. The average Bonchev–Trinajstić information content (AvgIpc) is 3.49. The minimum absolute atomic E-state index is 0.0784. The van der Waals surface area contributed by atoms with E-state index in [1.54, 1.807) is 31.2 Å². The van der Waals surface area contributed by atoms with Crippen LogP contribution in [-0.2, 0) is 44.8 Å². The first-order valence-corrected chi connectivity index (χ1v) is 16.5. The minimum Gasteiger partial charge on any atom is -0.569 e. The number of nitrogens with zero attached hydrogens (tertiary/aromatic N) is 5. The number of carbonyl (C=O) groups excluding carboxylic acids is 3. The number of esters is 1. The van der Waals surface area contributed by atoms with E-state index >= 15 is 0 Å². The van der Waals surface area contributed by atoms with Crippen molar-refractivity contribution in [3.05, 3.63) is 71.1 Å². The molecular weight excluding hydrogens is 693 g/mol. The summed E-state index contributed by atoms with van der Waals surface area (Å²) >= 11 is 0. The molecule has 0 saturated carbocycles. The third kappa shape index (κ3) is 10.1. The van der Waals surface area contributed by atoms with Gasteiger partial charge in [-0.1, -0.05) is 29.8 Å². The molecule has 0 radical (unpaired) electrons. The number of aromatic nitrogens is 2. The lowest BCUT2D eigenvalue weighted by atomic mass is 10.0. The number of hydrogen-bond acceptors (Lipinski definition) is 12. The number of alkyl halides is 3. The Morgan fingerprint density at radius 3 is 2.36 bits per heavy atom. The first-order chi connectivity index (χ1) is 23.5. The highest BCUT2D eigenvalue weighted by Crippen LogP contribution is 2.33. The van der Waals surface area contributed by atoms with E-state index in [-0.39, 0.29) is 53.5 Å². The number of amides is 1. The van der Waals surface area contributed by atoms with Crippen LogP contribution in [0.2, 0.25) is 0 Å². The molecule has 1 unspecified atom stereocenters. The number of rotatable bonds is 14. The first-order valence-electron chi connectivity index (χ1n) is 15.0. The molecule has 1 N–H and O–H groups in total. The molecule has 0 aliphatic carbocycles. The smallest absolute Gasteiger partial charge is 0.511 e. The Hall–Kier alpha value is -5.40. The van der Waals surface area contributed by atoms with Gasteiger partial charge in [-0.05, 0) is 44.2 Å². The molecule has 50 heavy (non-hydrogen) atoms. The number of nitrogens with one attached hydrogen (secondary N) is 1. The summed E-state index contributed by atoms with van der Waals surface area (Å²) in [6, 6.07) is 12.3. The number of aryl methyl sites for hydroxylation is 1. The molecule has 4 rings (SSSR count). The van der Waals surface area contributed by atoms with Crippen LogP contribution < -0.4 is 4.72 Å². The maximum Gasteiger partial charge on any atom is 0.511 e. The standard InChI is InChI=1S/C30H33F3N6O10S/c1-4-46-29(42)48-20(3)49-36-39(43)37-16-21(17-37)18-47-28(41)14-13-27(40)35-50(44,45)24-11-9-23(10-12-24)38-25(15-26(34-38)30(31,32)33)22-7-5-19(2)6-8-22/h5-12,15,20-21H,4,13-14,16-18H2,1-3H3,(H,35,40). The number of hydrogen-bond donors (Lipinski definition) is 1. The van der Waals surface area contributed by atoms with Gasteiger partial charge in [0.2, 0.25) is 11.2 Å². The number of benzene rings is 2. The predicted octanol–water partition coefficient (Wildman–Crippen LogP) is 4.25. The van der Waals surface area contributed by atoms with Crippen LogP contribution in [0, 0.1) is 18.0 Å². The summed E-state index contributed by atoms with van der Waals surface area (Å²) < 4.78 is 83.3. The number of halogens is 3. The molecule has 3 aromatic rings. The Labute approximate surface area is 283 Å². The van der Waals surface area contributed by atoms with Gasteiger partial charge in [0.15, 0.2) is 5.69 Å². The van der Waals surface area contributed by atoms with E-state index in [0.717, 1.165) is 28.4 Å². The summed E-state index contributed by atoms with van der Waals surface area (Å²) in [5.74, 6) is -2.00. The number of ether oxygens (including phenoxy) is 3. The SMILES string of the molecule is CCOC(=O)OC(C)ON=[N+]([O-])N1CC(COC(=O)CCC(=O)NS(=O)(=O)c2ccc(-n3nc(C(F)(F)F)cc3-c3ccc(C)cc3)cc2)C1. The molecule has 16 nitrogen and oxygen atoms in total. The summed E-state index contributed by atoms with van der Waals surface area (Å²) in [6.07, 6.45) is -7.84. The molecule has 1 aliphatic heterocycles. The third-order valence-electron chi connectivity index (χ3n) is 6.99. The molecule has 1 saturated heterocycles. The monoisotopic (exact) mass is 726 g/mol. The van der Waals surface area contributed by atoms with Crippen molar-refractivity contribution in [3.8, 4) is 16.9 Å². The van der Waals surface area contributed by atoms with E-state index < -0.39 is 59.1 Å². The van der Waals surface area contributed by atoms with Gasteiger partial charge in [-0.2, -0.15) is 18.3 Å². The van der Waals surface area contributed by atoms with Gasteiger partial charge in [0.1, 0.15) is 0 Å². The Balaban J connectivity index is 1.24. The summed E-state index contributed by atoms with van der Waals surface area (Å²) in [6.45, 7) is 5.07. The zero-order valence-corrected chi connectivity index (χ0v) is 27.8. The van der Waals surface area contributed by atoms with Crippen LogP contribution in [0.15, 0.2) is 64.8 Å². The van der Waals surface area contributed by atoms with Gasteiger partial charge in [-0.15, -0.1) is 5.01 Å². The zero-order valence-electron chi connectivity index (χ0n) is 27.0. The first kappa shape index (κ1) is 37.4. The lowest BCUT2D eigenvalue weighted by Crippen LogP contribution is -2.52. The summed E-state index contributed by atoms with van der Waals surface area (Å²) in [4.78, 5) is 40.2. The zero-order chi connectivity index (χ0) is 36.6. The van der Waals surface area contributed by atoms with Crippen molar-refractivity contribution in [2.24, 2.45) is 11.2 Å². The Morgan fingerprint density at radius 1 is 1.08 bits per heavy atom. The highest BCUT2D eigenvalue weighted by Gasteiger charge is 2.36. The van der Waals surface area contributed by atoms with Crippen LogP contribution >= 0.6 is 0 Å². The average molecular weight is 727 g/mol. The molecule has 0 spiro atoms. The van der Waals surface area contributed by atoms with Crippen molar-refractivity contribution in [2.45, 2.75) is 51.0 Å². The Bertz CT molecular complexity index is 1810. The van der Waals surface area contributed by atoms with Crippen LogP contribution in [-0.4, -0.2) is 78.8 Å². The molecule has 20 heteroatoms. The quantitative estimate of drug-likeness (QED) is 0.0817. The van der Waals surface area contributed by atoms with Crippen molar-refractivity contribution in [1.29, 1.82) is 0 Å². The Kier molecular flexibility index (Phi) is 11.9. The van der Waals surface area contributed by atoms with E-state index in [1.807, 2.05) is 11.6 Å². The van der Waals surface area contributed by atoms with Gasteiger partial charge in [-0.3, -0.25) is 14.4 Å². The molecule has 270 valence electrons. The van der Waals surface area contributed by atoms with Crippen LogP contribution in [0.1, 0.15) is 37.9 Å². The highest BCUT2D eigenvalue weighted by molar-refractivity contribution is 7.90. The fourth-order valence-corrected chi connectivity index (χ4v) is 5.44. The molecule has 2 aromatic carbocycles. The van der Waals surface area contributed by atoms with Crippen molar-refractivity contribution in [2.75, 3.05) is 26.3 Å². The molecule has 1 amide bonds. The molecule has 1 atom stereocenters. The number of sulfonamides is 1. The van der Waals surface area contributed by atoms with Crippen LogP contribution in [0.5, 0.6) is 0 Å². The highest BCUT2D eigenvalue weighted by atomic mass is 32.2. The topological polar surface area (TPSA) is 194 Å². The van der Waals surface area contributed by atoms with Crippen LogP contribution in [0.25, 0.3) is 16.9 Å². The van der Waals surface area contributed by atoms with Gasteiger partial charge in [0, 0.05) is 24.8 Å². The van der Waals surface area contributed by atoms with Crippen LogP contribution in [0.3, 0.4) is 0 Å². The fraction of sp³-hybridized carbons (Fsp3) is 0.400. The second-order valence-electron chi connectivity index (χ2n) is 10.9. The second-order valence-corrected chi connectivity index (χ2v) is 12.6.